The van der Waals surface area contributed by atoms with Crippen LogP contribution in [0, 0.1) is 11.1 Å². The average molecular weight is 520 g/mol. The molecule has 4 rings (SSSR count). The van der Waals surface area contributed by atoms with Gasteiger partial charge in [0, 0.05) is 43.0 Å². The number of benzene rings is 2. The number of aromatic nitrogens is 3. The van der Waals surface area contributed by atoms with Crippen molar-refractivity contribution in [3.8, 4) is 17.4 Å². The van der Waals surface area contributed by atoms with Crippen molar-refractivity contribution in [3.05, 3.63) is 86.7 Å². The molecule has 4 aromatic rings. The van der Waals surface area contributed by atoms with Crippen molar-refractivity contribution in [1.29, 1.82) is 0 Å². The molecular formula is C29H33N3O6. The summed E-state index contributed by atoms with van der Waals surface area (Å²) >= 11 is 0. The van der Waals surface area contributed by atoms with Crippen molar-refractivity contribution >= 4 is 16.8 Å². The van der Waals surface area contributed by atoms with Gasteiger partial charge in [0.2, 0.25) is 5.91 Å². The highest BCUT2D eigenvalue weighted by molar-refractivity contribution is 5.93. The second-order valence-corrected chi connectivity index (χ2v) is 9.60. The van der Waals surface area contributed by atoms with Gasteiger partial charge in [0.05, 0.1) is 33.4 Å². The monoisotopic (exact) mass is 519 g/mol. The summed E-state index contributed by atoms with van der Waals surface area (Å²) in [5.41, 5.74) is 2.41. The average Bonchev–Trinajstić information content (AvgIpc) is 3.27. The van der Waals surface area contributed by atoms with Gasteiger partial charge in [0.25, 0.3) is 5.69 Å². The lowest BCUT2D eigenvalue weighted by atomic mass is 10.1. The number of methoxy groups -OCH3 is 3. The Balaban J connectivity index is 1.97. The van der Waals surface area contributed by atoms with Crippen LogP contribution < -0.4 is 24.5 Å². The highest BCUT2D eigenvalue weighted by atomic mass is 16.5. The van der Waals surface area contributed by atoms with Gasteiger partial charge in [-0.25, -0.2) is 0 Å². The number of carbonyl (C=O) groups is 1. The predicted octanol–water partition coefficient (Wildman–Crippen LogP) is 3.96. The summed E-state index contributed by atoms with van der Waals surface area (Å²) < 4.78 is 20.3. The van der Waals surface area contributed by atoms with Crippen LogP contribution in [-0.4, -0.2) is 36.4 Å². The molecule has 9 nitrogen and oxygen atoms in total. The first kappa shape index (κ1) is 26.8. The van der Waals surface area contributed by atoms with E-state index in [0.29, 0.717) is 28.3 Å². The predicted molar refractivity (Wildman–Crippen MR) is 144 cm³/mol. The molecular weight excluding hydrogens is 486 g/mol. The van der Waals surface area contributed by atoms with Crippen LogP contribution in [0.2, 0.25) is 0 Å². The zero-order valence-corrected chi connectivity index (χ0v) is 22.6. The number of carbonyl (C=O) groups excluding carboxylic acids is 1. The molecule has 0 aliphatic heterocycles. The molecule has 0 saturated carbocycles. The van der Waals surface area contributed by atoms with E-state index in [4.69, 9.17) is 14.2 Å². The maximum absolute atomic E-state index is 13.9. The second kappa shape index (κ2) is 11.0. The largest absolute Gasteiger partial charge is 0.616 e. The number of nitrogens with zero attached hydrogens (tertiary/aromatic N) is 3. The third-order valence-electron chi connectivity index (χ3n) is 6.60. The van der Waals surface area contributed by atoms with Gasteiger partial charge in [-0.2, -0.15) is 0 Å². The Hall–Kier alpha value is -4.27. The van der Waals surface area contributed by atoms with Crippen LogP contribution in [-0.2, 0) is 19.4 Å². The highest BCUT2D eigenvalue weighted by Crippen LogP contribution is 2.29. The quantitative estimate of drug-likeness (QED) is 0.245. The van der Waals surface area contributed by atoms with Crippen molar-refractivity contribution in [1.82, 2.24) is 9.13 Å². The molecule has 0 fully saturated rings. The van der Waals surface area contributed by atoms with Crippen molar-refractivity contribution in [2.45, 2.75) is 40.2 Å². The molecule has 0 unspecified atom stereocenters. The zero-order chi connectivity index (χ0) is 27.6. The van der Waals surface area contributed by atoms with Gasteiger partial charge in [-0.15, -0.1) is 4.73 Å². The third-order valence-corrected chi connectivity index (χ3v) is 6.60. The fourth-order valence-electron chi connectivity index (χ4n) is 4.80. The number of fused-ring (bicyclic) bond motifs is 1. The standard InChI is InChI=1S/C29H33N3O6/c1-18(2)13-25-28(34)31(16-20-11-12-22(36-4)15-27(20)37-5)26(29(38-6)32(25)35)14-21-17-30(19(3)33)24-10-8-7-9-23(21)24/h7-12,15,17-18H,13-14,16H2,1-6H3. The van der Waals surface area contributed by atoms with Crippen molar-refractivity contribution < 1.29 is 23.7 Å². The van der Waals surface area contributed by atoms with Crippen LogP contribution in [0.1, 0.15) is 48.1 Å². The van der Waals surface area contributed by atoms with Crippen LogP contribution in [0.3, 0.4) is 0 Å². The van der Waals surface area contributed by atoms with Crippen LogP contribution in [0.15, 0.2) is 53.5 Å². The molecule has 0 radical (unpaired) electrons. The molecule has 0 N–H and O–H groups in total. The van der Waals surface area contributed by atoms with E-state index in [1.54, 1.807) is 41.7 Å². The topological polar surface area (TPSA) is 98.6 Å². The molecule has 0 bridgehead atoms. The Bertz CT molecular complexity index is 1550. The van der Waals surface area contributed by atoms with Gasteiger partial charge >= 0.3 is 11.4 Å². The van der Waals surface area contributed by atoms with E-state index in [1.165, 1.54) is 14.0 Å². The first-order valence-corrected chi connectivity index (χ1v) is 12.4. The molecule has 0 spiro atoms. The lowest BCUT2D eigenvalue weighted by molar-refractivity contribution is -0.623. The smallest absolute Gasteiger partial charge is 0.400 e. The summed E-state index contributed by atoms with van der Waals surface area (Å²) in [7, 11) is 4.55. The number of para-hydroxylation sites is 1. The Labute approximate surface area is 221 Å². The fourth-order valence-corrected chi connectivity index (χ4v) is 4.80. The lowest BCUT2D eigenvalue weighted by Crippen LogP contribution is -2.46. The van der Waals surface area contributed by atoms with Gasteiger partial charge in [-0.3, -0.25) is 18.7 Å². The summed E-state index contributed by atoms with van der Waals surface area (Å²) in [6, 6.07) is 12.9. The maximum atomic E-state index is 13.9. The molecule has 0 aliphatic carbocycles. The van der Waals surface area contributed by atoms with Gasteiger partial charge in [-0.05, 0) is 29.7 Å². The van der Waals surface area contributed by atoms with Crippen molar-refractivity contribution in [2.75, 3.05) is 21.3 Å². The van der Waals surface area contributed by atoms with E-state index in [2.05, 4.69) is 0 Å². The first-order valence-electron chi connectivity index (χ1n) is 12.4. The van der Waals surface area contributed by atoms with Crippen molar-refractivity contribution in [3.63, 3.8) is 0 Å². The van der Waals surface area contributed by atoms with Crippen LogP contribution >= 0.6 is 0 Å². The van der Waals surface area contributed by atoms with E-state index in [0.717, 1.165) is 22.0 Å². The van der Waals surface area contributed by atoms with Gasteiger partial charge in [0.1, 0.15) is 17.2 Å². The van der Waals surface area contributed by atoms with E-state index in [9.17, 15) is 14.8 Å². The summed E-state index contributed by atoms with van der Waals surface area (Å²) in [6.45, 7) is 5.55. The van der Waals surface area contributed by atoms with Crippen LogP contribution in [0.5, 0.6) is 17.4 Å². The molecule has 0 atom stereocenters. The summed E-state index contributed by atoms with van der Waals surface area (Å²) in [4.78, 5) is 26.2. The normalized spacial score (nSPS) is 11.2. The molecule has 2 aromatic carbocycles. The molecule has 0 aliphatic rings. The first-order chi connectivity index (χ1) is 18.2. The minimum Gasteiger partial charge on any atom is -0.616 e. The molecule has 0 amide bonds. The zero-order valence-electron chi connectivity index (χ0n) is 22.6. The van der Waals surface area contributed by atoms with Gasteiger partial charge in [-0.1, -0.05) is 32.0 Å². The maximum Gasteiger partial charge on any atom is 0.400 e. The second-order valence-electron chi connectivity index (χ2n) is 9.60. The van der Waals surface area contributed by atoms with E-state index < -0.39 is 5.56 Å². The highest BCUT2D eigenvalue weighted by Gasteiger charge is 2.29. The SMILES string of the molecule is COc1ccc(Cn2c(Cc3cn(C(C)=O)c4ccccc34)c(OC)[n+]([O-])c(CC(C)C)c2=O)c(OC)c1. The van der Waals surface area contributed by atoms with Crippen LogP contribution in [0.4, 0.5) is 0 Å². The Morgan fingerprint density at radius 2 is 1.76 bits per heavy atom. The lowest BCUT2D eigenvalue weighted by Gasteiger charge is -2.19. The third kappa shape index (κ3) is 4.96. The number of hydrogen-bond acceptors (Lipinski definition) is 6. The van der Waals surface area contributed by atoms with Gasteiger partial charge < -0.3 is 19.4 Å². The number of rotatable bonds is 9. The molecule has 2 heterocycles. The van der Waals surface area contributed by atoms with Crippen LogP contribution in [0.25, 0.3) is 10.9 Å². The van der Waals surface area contributed by atoms with E-state index >= 15 is 0 Å². The van der Waals surface area contributed by atoms with E-state index in [-0.39, 0.29) is 36.4 Å². The Morgan fingerprint density at radius 1 is 1.03 bits per heavy atom. The fraction of sp³-hybridized carbons (Fsp3) is 0.345. The minimum absolute atomic E-state index is 0.0485. The molecule has 38 heavy (non-hydrogen) atoms. The number of ether oxygens (including phenoxy) is 3. The Morgan fingerprint density at radius 3 is 2.39 bits per heavy atom. The van der Waals surface area contributed by atoms with Gasteiger partial charge in [0.15, 0.2) is 0 Å². The minimum atomic E-state index is -0.391. The van der Waals surface area contributed by atoms with E-state index in [1.807, 2.05) is 44.2 Å². The summed E-state index contributed by atoms with van der Waals surface area (Å²) in [5.74, 6) is 1.17. The molecule has 0 saturated heterocycles. The summed E-state index contributed by atoms with van der Waals surface area (Å²) in [6.07, 6.45) is 2.25. The molecule has 2 aromatic heterocycles. The summed E-state index contributed by atoms with van der Waals surface area (Å²) in [5, 5.41) is 14.3. The van der Waals surface area contributed by atoms with Crippen molar-refractivity contribution in [2.24, 2.45) is 5.92 Å². The number of hydrogen-bond donors (Lipinski definition) is 0. The molecule has 200 valence electrons. The molecule has 9 heteroatoms. The Kier molecular flexibility index (Phi) is 7.75.